The van der Waals surface area contributed by atoms with Gasteiger partial charge < -0.3 is 20.0 Å². The van der Waals surface area contributed by atoms with E-state index in [9.17, 15) is 22.8 Å². The number of nitrogens with one attached hydrogen (secondary N) is 3. The number of likely N-dealkylation sites (N-methyl/N-ethyl adjacent to an activating group) is 1. The highest BCUT2D eigenvalue weighted by molar-refractivity contribution is 5.96. The molecular formula is C19H19F3N4O3. The highest BCUT2D eigenvalue weighted by atomic mass is 19.4. The molecule has 10 heteroatoms. The van der Waals surface area contributed by atoms with Gasteiger partial charge in [-0.2, -0.15) is 0 Å². The fourth-order valence-electron chi connectivity index (χ4n) is 2.78. The molecule has 1 atom stereocenters. The van der Waals surface area contributed by atoms with E-state index in [1.54, 1.807) is 37.1 Å². The molecule has 3 aromatic rings. The van der Waals surface area contributed by atoms with E-state index in [0.717, 1.165) is 5.56 Å². The van der Waals surface area contributed by atoms with Crippen LogP contribution in [-0.4, -0.2) is 40.2 Å². The third-order valence-electron chi connectivity index (χ3n) is 4.41. The van der Waals surface area contributed by atoms with Crippen molar-refractivity contribution in [2.75, 3.05) is 12.4 Å². The summed E-state index contributed by atoms with van der Waals surface area (Å²) >= 11 is 0. The summed E-state index contributed by atoms with van der Waals surface area (Å²) < 4.78 is 40.5. The molecule has 2 aromatic carbocycles. The Morgan fingerprint density at radius 2 is 1.79 bits per heavy atom. The minimum atomic E-state index is -4.73. The number of rotatable bonds is 6. The first-order chi connectivity index (χ1) is 13.6. The fraction of sp³-hybridized carbons (Fsp3) is 0.263. The number of imidazole rings is 1. The summed E-state index contributed by atoms with van der Waals surface area (Å²) in [6.45, 7) is 2.07. The average molecular weight is 408 g/mol. The van der Waals surface area contributed by atoms with E-state index >= 15 is 0 Å². The highest BCUT2D eigenvalue weighted by Gasteiger charge is 2.31. The van der Waals surface area contributed by atoms with Gasteiger partial charge in [0.2, 0.25) is 5.91 Å². The highest BCUT2D eigenvalue weighted by Crippen LogP contribution is 2.23. The standard InChI is InChI=1S/C19H19F3N4O3/c1-11(17(27)23-13-5-8-15-16(9-13)25-18(28)24-15)26(2)10-12-3-6-14(7-4-12)29-19(20,21)22/h3-9,11H,10H2,1-2H3,(H,23,27)(H2,24,25,28). The van der Waals surface area contributed by atoms with Crippen LogP contribution in [0, 0.1) is 0 Å². The number of hydrogen-bond acceptors (Lipinski definition) is 4. The van der Waals surface area contributed by atoms with Gasteiger partial charge in [0.05, 0.1) is 17.1 Å². The molecule has 154 valence electrons. The van der Waals surface area contributed by atoms with Gasteiger partial charge in [-0.3, -0.25) is 9.69 Å². The topological polar surface area (TPSA) is 90.2 Å². The van der Waals surface area contributed by atoms with E-state index in [0.29, 0.717) is 23.3 Å². The summed E-state index contributed by atoms with van der Waals surface area (Å²) in [6, 6.07) is 9.98. The lowest BCUT2D eigenvalue weighted by atomic mass is 10.1. The number of benzene rings is 2. The van der Waals surface area contributed by atoms with Gasteiger partial charge in [0.15, 0.2) is 0 Å². The van der Waals surface area contributed by atoms with Crippen molar-refractivity contribution in [3.8, 4) is 5.75 Å². The van der Waals surface area contributed by atoms with E-state index in [2.05, 4.69) is 20.0 Å². The summed E-state index contributed by atoms with van der Waals surface area (Å²) in [7, 11) is 1.73. The van der Waals surface area contributed by atoms with Crippen LogP contribution in [0.3, 0.4) is 0 Å². The van der Waals surface area contributed by atoms with Crippen LogP contribution < -0.4 is 15.7 Å². The molecule has 1 heterocycles. The van der Waals surface area contributed by atoms with Gasteiger partial charge in [-0.15, -0.1) is 13.2 Å². The van der Waals surface area contributed by atoms with Crippen molar-refractivity contribution < 1.29 is 22.7 Å². The van der Waals surface area contributed by atoms with Crippen molar-refractivity contribution in [1.29, 1.82) is 0 Å². The maximum Gasteiger partial charge on any atom is 0.573 e. The van der Waals surface area contributed by atoms with Gasteiger partial charge in [-0.1, -0.05) is 12.1 Å². The molecular weight excluding hydrogens is 389 g/mol. The van der Waals surface area contributed by atoms with Crippen molar-refractivity contribution in [2.45, 2.75) is 25.9 Å². The van der Waals surface area contributed by atoms with Gasteiger partial charge in [-0.05, 0) is 49.9 Å². The summed E-state index contributed by atoms with van der Waals surface area (Å²) in [5.74, 6) is -0.561. The van der Waals surface area contributed by atoms with Gasteiger partial charge in [0, 0.05) is 12.2 Å². The summed E-state index contributed by atoms with van der Waals surface area (Å²) in [5.41, 5.74) is 2.15. The van der Waals surface area contributed by atoms with Gasteiger partial charge in [-0.25, -0.2) is 4.79 Å². The zero-order valence-corrected chi connectivity index (χ0v) is 15.6. The number of anilines is 1. The zero-order chi connectivity index (χ0) is 21.2. The normalized spacial score (nSPS) is 12.9. The predicted molar refractivity (Wildman–Crippen MR) is 102 cm³/mol. The molecule has 0 aliphatic rings. The van der Waals surface area contributed by atoms with E-state index < -0.39 is 12.4 Å². The minimum Gasteiger partial charge on any atom is -0.406 e. The van der Waals surface area contributed by atoms with Crippen molar-refractivity contribution in [3.05, 3.63) is 58.5 Å². The lowest BCUT2D eigenvalue weighted by Crippen LogP contribution is -2.39. The molecule has 1 unspecified atom stereocenters. The third kappa shape index (κ3) is 5.38. The SMILES string of the molecule is CC(C(=O)Nc1ccc2[nH]c(=O)[nH]c2c1)N(C)Cc1ccc(OC(F)(F)F)cc1. The van der Waals surface area contributed by atoms with Crippen LogP contribution in [0.2, 0.25) is 0 Å². The third-order valence-corrected chi connectivity index (χ3v) is 4.41. The summed E-state index contributed by atoms with van der Waals surface area (Å²) in [6.07, 6.45) is -4.73. The van der Waals surface area contributed by atoms with Crippen molar-refractivity contribution in [3.63, 3.8) is 0 Å². The van der Waals surface area contributed by atoms with E-state index in [-0.39, 0.29) is 17.3 Å². The second kappa shape index (κ2) is 8.00. The van der Waals surface area contributed by atoms with Gasteiger partial charge >= 0.3 is 12.1 Å². The van der Waals surface area contributed by atoms with Crippen molar-refractivity contribution in [2.24, 2.45) is 0 Å². The number of aromatic nitrogens is 2. The molecule has 1 aromatic heterocycles. The van der Waals surface area contributed by atoms with Crippen molar-refractivity contribution >= 4 is 22.6 Å². The number of hydrogen-bond donors (Lipinski definition) is 3. The molecule has 0 saturated heterocycles. The van der Waals surface area contributed by atoms with Gasteiger partial charge in [0.1, 0.15) is 5.75 Å². The summed E-state index contributed by atoms with van der Waals surface area (Å²) in [4.78, 5) is 30.8. The molecule has 0 saturated carbocycles. The molecule has 0 aliphatic carbocycles. The molecule has 0 radical (unpaired) electrons. The smallest absolute Gasteiger partial charge is 0.406 e. The minimum absolute atomic E-state index is 0.262. The maximum absolute atomic E-state index is 12.5. The molecule has 0 aliphatic heterocycles. The number of aromatic amines is 2. The van der Waals surface area contributed by atoms with Crippen LogP contribution >= 0.6 is 0 Å². The first-order valence-corrected chi connectivity index (χ1v) is 8.68. The van der Waals surface area contributed by atoms with Crippen LogP contribution in [0.5, 0.6) is 5.75 Å². The van der Waals surface area contributed by atoms with E-state index in [4.69, 9.17) is 0 Å². The maximum atomic E-state index is 12.5. The van der Waals surface area contributed by atoms with Crippen LogP contribution in [0.4, 0.5) is 18.9 Å². The summed E-state index contributed by atoms with van der Waals surface area (Å²) in [5, 5.41) is 2.78. The van der Waals surface area contributed by atoms with E-state index in [1.165, 1.54) is 24.3 Å². The Morgan fingerprint density at radius 1 is 1.14 bits per heavy atom. The Balaban J connectivity index is 1.60. The Labute approximate surface area is 163 Å². The van der Waals surface area contributed by atoms with Crippen LogP contribution in [0.15, 0.2) is 47.3 Å². The quantitative estimate of drug-likeness (QED) is 0.584. The molecule has 3 N–H and O–H groups in total. The lowest BCUT2D eigenvalue weighted by Gasteiger charge is -2.24. The average Bonchev–Trinajstić information content (AvgIpc) is 3.00. The number of fused-ring (bicyclic) bond motifs is 1. The number of carbonyl (C=O) groups excluding carboxylic acids is 1. The van der Waals surface area contributed by atoms with Crippen LogP contribution in [0.25, 0.3) is 11.0 Å². The Morgan fingerprint density at radius 3 is 2.45 bits per heavy atom. The first kappa shape index (κ1) is 20.5. The molecule has 3 rings (SSSR count). The number of ether oxygens (including phenoxy) is 1. The van der Waals surface area contributed by atoms with Crippen molar-refractivity contribution in [1.82, 2.24) is 14.9 Å². The number of H-pyrrole nitrogens is 2. The predicted octanol–water partition coefficient (Wildman–Crippen LogP) is 3.21. The monoisotopic (exact) mass is 408 g/mol. The second-order valence-electron chi connectivity index (χ2n) is 6.61. The number of halogens is 3. The van der Waals surface area contributed by atoms with E-state index in [1.807, 2.05) is 0 Å². The second-order valence-corrected chi connectivity index (χ2v) is 6.61. The van der Waals surface area contributed by atoms with Crippen LogP contribution in [-0.2, 0) is 11.3 Å². The Bertz CT molecular complexity index is 1060. The first-order valence-electron chi connectivity index (χ1n) is 8.68. The number of alkyl halides is 3. The fourth-order valence-corrected chi connectivity index (χ4v) is 2.78. The number of amides is 1. The molecule has 29 heavy (non-hydrogen) atoms. The molecule has 1 amide bonds. The Kier molecular flexibility index (Phi) is 5.64. The largest absolute Gasteiger partial charge is 0.573 e. The molecule has 0 bridgehead atoms. The zero-order valence-electron chi connectivity index (χ0n) is 15.6. The Hall–Kier alpha value is -3.27. The number of carbonyl (C=O) groups is 1. The number of nitrogens with zero attached hydrogens (tertiary/aromatic N) is 1. The molecule has 0 spiro atoms. The lowest BCUT2D eigenvalue weighted by molar-refractivity contribution is -0.274. The van der Waals surface area contributed by atoms with Crippen LogP contribution in [0.1, 0.15) is 12.5 Å². The molecule has 0 fully saturated rings. The molecule has 7 nitrogen and oxygen atoms in total. The van der Waals surface area contributed by atoms with Gasteiger partial charge in [0.25, 0.3) is 0 Å².